The lowest BCUT2D eigenvalue weighted by Crippen LogP contribution is -2.03. The van der Waals surface area contributed by atoms with Gasteiger partial charge in [0, 0.05) is 25.0 Å². The van der Waals surface area contributed by atoms with E-state index in [2.05, 4.69) is 23.8 Å². The number of rotatable bonds is 5. The maximum atomic E-state index is 11.9. The predicted molar refractivity (Wildman–Crippen MR) is 71.0 cm³/mol. The van der Waals surface area contributed by atoms with Gasteiger partial charge in [-0.3, -0.25) is 4.79 Å². The summed E-state index contributed by atoms with van der Waals surface area (Å²) in [6.45, 7) is 4.63. The molecule has 0 aliphatic carbocycles. The van der Waals surface area contributed by atoms with Gasteiger partial charge in [0.15, 0.2) is 5.78 Å². The third kappa shape index (κ3) is 2.59. The second kappa shape index (κ2) is 5.31. The number of Topliss-reactive ketones (excluding diaryl/α,β-unsaturated/α-hetero) is 1. The number of methoxy groups -OCH3 is 1. The van der Waals surface area contributed by atoms with Crippen LogP contribution in [0.3, 0.4) is 0 Å². The van der Waals surface area contributed by atoms with Crippen molar-refractivity contribution in [1.29, 1.82) is 0 Å². The van der Waals surface area contributed by atoms with Crippen LogP contribution in [0.4, 0.5) is 0 Å². The van der Waals surface area contributed by atoms with E-state index in [4.69, 9.17) is 4.74 Å². The fourth-order valence-electron chi connectivity index (χ4n) is 1.82. The molecule has 0 amide bonds. The molecule has 0 atom stereocenters. The molecule has 0 aliphatic rings. The first-order valence-electron chi connectivity index (χ1n) is 6.13. The summed E-state index contributed by atoms with van der Waals surface area (Å²) in [7, 11) is 1.60. The van der Waals surface area contributed by atoms with Gasteiger partial charge in [0.05, 0.1) is 17.6 Å². The van der Waals surface area contributed by atoms with Crippen LogP contribution in [0.2, 0.25) is 0 Å². The van der Waals surface area contributed by atoms with Crippen LogP contribution >= 0.6 is 0 Å². The lowest BCUT2D eigenvalue weighted by atomic mass is 10.1. The number of hydrogen-bond acceptors (Lipinski definition) is 3. The Kier molecular flexibility index (Phi) is 3.77. The van der Waals surface area contributed by atoms with E-state index in [1.54, 1.807) is 7.11 Å². The van der Waals surface area contributed by atoms with E-state index in [9.17, 15) is 4.79 Å². The molecule has 2 aromatic rings. The van der Waals surface area contributed by atoms with Crippen LogP contribution in [-0.4, -0.2) is 29.5 Å². The number of carbonyl (C=O) groups excluding carboxylic acids is 1. The number of H-pyrrole nitrogens is 1. The number of carbonyl (C=O) groups is 1. The van der Waals surface area contributed by atoms with Crippen LogP contribution in [0.15, 0.2) is 18.2 Å². The van der Waals surface area contributed by atoms with Crippen molar-refractivity contribution in [2.75, 3.05) is 13.7 Å². The van der Waals surface area contributed by atoms with Gasteiger partial charge >= 0.3 is 0 Å². The zero-order valence-electron chi connectivity index (χ0n) is 11.0. The van der Waals surface area contributed by atoms with Gasteiger partial charge in [0.1, 0.15) is 5.82 Å². The Morgan fingerprint density at radius 1 is 1.44 bits per heavy atom. The highest BCUT2D eigenvalue weighted by Gasteiger charge is 2.10. The summed E-state index contributed by atoms with van der Waals surface area (Å²) >= 11 is 0. The minimum atomic E-state index is 0.0967. The molecular formula is C14H18N2O2. The van der Waals surface area contributed by atoms with Gasteiger partial charge in [0.2, 0.25) is 0 Å². The van der Waals surface area contributed by atoms with Crippen LogP contribution in [0, 0.1) is 0 Å². The normalized spacial score (nSPS) is 11.3. The van der Waals surface area contributed by atoms with Gasteiger partial charge in [-0.05, 0) is 18.2 Å². The third-order valence-corrected chi connectivity index (χ3v) is 2.90. The molecule has 0 bridgehead atoms. The molecule has 0 aliphatic heterocycles. The van der Waals surface area contributed by atoms with Gasteiger partial charge in [-0.25, -0.2) is 4.98 Å². The number of imidazole rings is 1. The summed E-state index contributed by atoms with van der Waals surface area (Å²) in [6.07, 6.45) is 0.410. The number of aromatic amines is 1. The fourth-order valence-corrected chi connectivity index (χ4v) is 1.82. The Balaban J connectivity index is 2.29. The predicted octanol–water partition coefficient (Wildman–Crippen LogP) is 2.91. The van der Waals surface area contributed by atoms with E-state index in [-0.39, 0.29) is 5.78 Å². The molecule has 1 heterocycles. The molecule has 0 spiro atoms. The lowest BCUT2D eigenvalue weighted by molar-refractivity contribution is 0.0932. The highest BCUT2D eigenvalue weighted by atomic mass is 16.5. The van der Waals surface area contributed by atoms with E-state index in [1.807, 2.05) is 18.2 Å². The van der Waals surface area contributed by atoms with Crippen LogP contribution in [-0.2, 0) is 4.74 Å². The van der Waals surface area contributed by atoms with Crippen molar-refractivity contribution in [3.05, 3.63) is 29.6 Å². The maximum absolute atomic E-state index is 11.9. The molecule has 4 heteroatoms. The molecule has 0 saturated heterocycles. The smallest absolute Gasteiger partial charge is 0.165 e. The number of aromatic nitrogens is 2. The molecule has 18 heavy (non-hydrogen) atoms. The molecule has 1 N–H and O–H groups in total. The summed E-state index contributed by atoms with van der Waals surface area (Å²) in [5.74, 6) is 1.40. The van der Waals surface area contributed by atoms with Gasteiger partial charge in [-0.15, -0.1) is 0 Å². The van der Waals surface area contributed by atoms with Crippen LogP contribution in [0.25, 0.3) is 11.0 Å². The van der Waals surface area contributed by atoms with E-state index < -0.39 is 0 Å². The van der Waals surface area contributed by atoms with Gasteiger partial charge in [0.25, 0.3) is 0 Å². The first kappa shape index (κ1) is 12.8. The molecule has 4 nitrogen and oxygen atoms in total. The molecule has 1 aromatic carbocycles. The Labute approximate surface area is 106 Å². The molecule has 1 aromatic heterocycles. The Morgan fingerprint density at radius 3 is 2.89 bits per heavy atom. The second-order valence-corrected chi connectivity index (χ2v) is 4.67. The average Bonchev–Trinajstić information content (AvgIpc) is 2.78. The van der Waals surface area contributed by atoms with E-state index >= 15 is 0 Å². The molecule has 0 saturated carbocycles. The number of benzene rings is 1. The fraction of sp³-hybridized carbons (Fsp3) is 0.429. The molecule has 0 fully saturated rings. The second-order valence-electron chi connectivity index (χ2n) is 4.67. The summed E-state index contributed by atoms with van der Waals surface area (Å²) in [5, 5.41) is 0. The number of ketones is 1. The SMILES string of the molecule is COCCC(=O)c1ccc2nc(C(C)C)[nH]c2c1. The number of ether oxygens (including phenoxy) is 1. The van der Waals surface area contributed by atoms with Gasteiger partial charge in [-0.1, -0.05) is 13.8 Å². The van der Waals surface area contributed by atoms with Gasteiger partial charge < -0.3 is 9.72 Å². The van der Waals surface area contributed by atoms with Crippen LogP contribution in [0.1, 0.15) is 42.4 Å². The summed E-state index contributed by atoms with van der Waals surface area (Å²) in [6, 6.07) is 5.58. The standard InChI is InChI=1S/C14H18N2O2/c1-9(2)14-15-11-5-4-10(8-12(11)16-14)13(17)6-7-18-3/h4-5,8-9H,6-7H2,1-3H3,(H,15,16). The maximum Gasteiger partial charge on any atom is 0.165 e. The molecule has 0 unspecified atom stereocenters. The van der Waals surface area contributed by atoms with E-state index in [0.717, 1.165) is 16.9 Å². The largest absolute Gasteiger partial charge is 0.384 e. The zero-order valence-corrected chi connectivity index (χ0v) is 11.0. The topological polar surface area (TPSA) is 55.0 Å². The average molecular weight is 246 g/mol. The first-order chi connectivity index (χ1) is 8.61. The highest BCUT2D eigenvalue weighted by molar-refractivity contribution is 5.98. The number of nitrogens with one attached hydrogen (secondary N) is 1. The molecule has 2 rings (SSSR count). The zero-order chi connectivity index (χ0) is 13.1. The Morgan fingerprint density at radius 2 is 2.22 bits per heavy atom. The van der Waals surface area contributed by atoms with Crippen molar-refractivity contribution in [1.82, 2.24) is 9.97 Å². The molecule has 96 valence electrons. The minimum absolute atomic E-state index is 0.0967. The van der Waals surface area contributed by atoms with Gasteiger partial charge in [-0.2, -0.15) is 0 Å². The highest BCUT2D eigenvalue weighted by Crippen LogP contribution is 2.19. The Bertz CT molecular complexity index is 558. The van der Waals surface area contributed by atoms with E-state index in [0.29, 0.717) is 24.5 Å². The Hall–Kier alpha value is -1.68. The first-order valence-corrected chi connectivity index (χ1v) is 6.13. The van der Waals surface area contributed by atoms with Crippen molar-refractivity contribution >= 4 is 16.8 Å². The molecular weight excluding hydrogens is 228 g/mol. The molecule has 0 radical (unpaired) electrons. The third-order valence-electron chi connectivity index (χ3n) is 2.90. The summed E-state index contributed by atoms with van der Waals surface area (Å²) < 4.78 is 4.92. The van der Waals surface area contributed by atoms with Crippen molar-refractivity contribution < 1.29 is 9.53 Å². The summed E-state index contributed by atoms with van der Waals surface area (Å²) in [4.78, 5) is 19.6. The van der Waals surface area contributed by atoms with E-state index in [1.165, 1.54) is 0 Å². The minimum Gasteiger partial charge on any atom is -0.384 e. The van der Waals surface area contributed by atoms with Crippen molar-refractivity contribution in [3.63, 3.8) is 0 Å². The van der Waals surface area contributed by atoms with Crippen LogP contribution < -0.4 is 0 Å². The number of hydrogen-bond donors (Lipinski definition) is 1. The number of nitrogens with zero attached hydrogens (tertiary/aromatic N) is 1. The van der Waals surface area contributed by atoms with Crippen LogP contribution in [0.5, 0.6) is 0 Å². The number of fused-ring (bicyclic) bond motifs is 1. The lowest BCUT2D eigenvalue weighted by Gasteiger charge is -2.00. The van der Waals surface area contributed by atoms with Crippen molar-refractivity contribution in [3.8, 4) is 0 Å². The quantitative estimate of drug-likeness (QED) is 0.825. The summed E-state index contributed by atoms with van der Waals surface area (Å²) in [5.41, 5.74) is 2.53. The van der Waals surface area contributed by atoms with Crippen molar-refractivity contribution in [2.24, 2.45) is 0 Å². The monoisotopic (exact) mass is 246 g/mol. The van der Waals surface area contributed by atoms with Crippen molar-refractivity contribution in [2.45, 2.75) is 26.2 Å².